The van der Waals surface area contributed by atoms with Gasteiger partial charge < -0.3 is 15.6 Å². The number of aromatic nitrogens is 3. The van der Waals surface area contributed by atoms with E-state index >= 15 is 0 Å². The number of pyridine rings is 1. The Morgan fingerprint density at radius 3 is 3.04 bits per heavy atom. The number of likely N-dealkylation sites (tertiary alicyclic amines) is 1. The van der Waals surface area contributed by atoms with Crippen LogP contribution in [0.5, 0.6) is 0 Å². The lowest BCUT2D eigenvalue weighted by Gasteiger charge is -2.23. The lowest BCUT2D eigenvalue weighted by Crippen LogP contribution is -2.31. The Kier molecular flexibility index (Phi) is 3.41. The fourth-order valence-electron chi connectivity index (χ4n) is 3.20. The zero-order valence-corrected chi connectivity index (χ0v) is 12.9. The smallest absolute Gasteiger partial charge is 0.254 e. The summed E-state index contributed by atoms with van der Waals surface area (Å²) in [6.07, 6.45) is 3.23. The van der Waals surface area contributed by atoms with Gasteiger partial charge in [0.1, 0.15) is 17.5 Å². The van der Waals surface area contributed by atoms with E-state index in [0.717, 1.165) is 12.8 Å². The number of H-pyrrole nitrogens is 1. The number of nitrogens with zero attached hydrogens (tertiary/aromatic N) is 3. The number of rotatable bonds is 2. The molecule has 7 heteroatoms. The van der Waals surface area contributed by atoms with Crippen LogP contribution in [0.25, 0.3) is 11.0 Å². The third-order valence-electron chi connectivity index (χ3n) is 4.32. The number of hydrogen-bond acceptors (Lipinski definition) is 4. The molecule has 1 aliphatic rings. The van der Waals surface area contributed by atoms with Gasteiger partial charge in [-0.1, -0.05) is 0 Å². The molecule has 4 rings (SSSR count). The van der Waals surface area contributed by atoms with Crippen molar-refractivity contribution in [1.82, 2.24) is 19.9 Å². The second kappa shape index (κ2) is 5.59. The van der Waals surface area contributed by atoms with Crippen LogP contribution in [-0.4, -0.2) is 32.3 Å². The number of imidazole rings is 1. The van der Waals surface area contributed by atoms with Crippen molar-refractivity contribution in [2.75, 3.05) is 12.3 Å². The summed E-state index contributed by atoms with van der Waals surface area (Å²) in [5.74, 6) is 0.585. The van der Waals surface area contributed by atoms with Crippen molar-refractivity contribution in [1.29, 1.82) is 0 Å². The maximum absolute atomic E-state index is 13.4. The molecule has 122 valence electrons. The maximum atomic E-state index is 13.4. The molecule has 0 radical (unpaired) electrons. The maximum Gasteiger partial charge on any atom is 0.254 e. The first-order valence-corrected chi connectivity index (χ1v) is 7.79. The number of nitrogens with two attached hydrogens (primary N) is 1. The zero-order valence-electron chi connectivity index (χ0n) is 12.9. The monoisotopic (exact) mass is 325 g/mol. The van der Waals surface area contributed by atoms with Crippen molar-refractivity contribution < 1.29 is 9.18 Å². The topological polar surface area (TPSA) is 87.9 Å². The Hall–Kier alpha value is -2.96. The summed E-state index contributed by atoms with van der Waals surface area (Å²) in [5, 5.41) is 0. The highest BCUT2D eigenvalue weighted by molar-refractivity contribution is 5.95. The summed E-state index contributed by atoms with van der Waals surface area (Å²) >= 11 is 0. The molecule has 1 aromatic carbocycles. The van der Waals surface area contributed by atoms with Crippen LogP contribution in [0, 0.1) is 5.82 Å². The standard InChI is InChI=1S/C17H16FN5O/c18-11-3-4-12-13(9-11)22-16(21-12)14-2-1-7-23(14)17(24)10-5-6-20-15(19)8-10/h3-6,8-9,14H,1-2,7H2,(H2,19,20)(H,21,22)/t14-/m0/s1. The number of benzene rings is 1. The third kappa shape index (κ3) is 2.47. The molecule has 1 saturated heterocycles. The van der Waals surface area contributed by atoms with Gasteiger partial charge >= 0.3 is 0 Å². The van der Waals surface area contributed by atoms with Crippen molar-refractivity contribution in [3.05, 3.63) is 53.7 Å². The minimum absolute atomic E-state index is 0.0989. The van der Waals surface area contributed by atoms with Crippen LogP contribution >= 0.6 is 0 Å². The van der Waals surface area contributed by atoms with E-state index in [1.165, 1.54) is 18.3 Å². The van der Waals surface area contributed by atoms with Gasteiger partial charge in [0.05, 0.1) is 17.1 Å². The van der Waals surface area contributed by atoms with Crippen LogP contribution in [0.2, 0.25) is 0 Å². The summed E-state index contributed by atoms with van der Waals surface area (Å²) < 4.78 is 13.4. The number of fused-ring (bicyclic) bond motifs is 1. The normalized spacial score (nSPS) is 17.5. The highest BCUT2D eigenvalue weighted by Gasteiger charge is 2.32. The van der Waals surface area contributed by atoms with E-state index in [9.17, 15) is 9.18 Å². The fraction of sp³-hybridized carbons (Fsp3) is 0.235. The van der Waals surface area contributed by atoms with Crippen molar-refractivity contribution in [2.24, 2.45) is 0 Å². The highest BCUT2D eigenvalue weighted by atomic mass is 19.1. The minimum Gasteiger partial charge on any atom is -0.384 e. The Bertz CT molecular complexity index is 922. The van der Waals surface area contributed by atoms with Crippen LogP contribution in [-0.2, 0) is 0 Å². The average molecular weight is 325 g/mol. The number of nitrogens with one attached hydrogen (secondary N) is 1. The van der Waals surface area contributed by atoms with E-state index in [4.69, 9.17) is 5.73 Å². The van der Waals surface area contributed by atoms with E-state index in [1.807, 2.05) is 0 Å². The van der Waals surface area contributed by atoms with E-state index < -0.39 is 0 Å². The third-order valence-corrected chi connectivity index (χ3v) is 4.32. The summed E-state index contributed by atoms with van der Waals surface area (Å²) in [4.78, 5) is 26.2. The molecule has 1 atom stereocenters. The quantitative estimate of drug-likeness (QED) is 0.758. The van der Waals surface area contributed by atoms with E-state index in [0.29, 0.717) is 34.8 Å². The van der Waals surface area contributed by atoms with Gasteiger partial charge in [0.25, 0.3) is 5.91 Å². The molecular formula is C17H16FN5O. The number of carbonyl (C=O) groups excluding carboxylic acids is 1. The predicted octanol–water partition coefficient (Wildman–Crippen LogP) is 2.66. The van der Waals surface area contributed by atoms with E-state index in [1.54, 1.807) is 23.1 Å². The number of halogens is 1. The zero-order chi connectivity index (χ0) is 16.7. The first-order valence-electron chi connectivity index (χ1n) is 7.79. The molecule has 6 nitrogen and oxygen atoms in total. The number of carbonyl (C=O) groups is 1. The van der Waals surface area contributed by atoms with Gasteiger partial charge in [-0.05, 0) is 43.2 Å². The highest BCUT2D eigenvalue weighted by Crippen LogP contribution is 2.32. The first-order chi connectivity index (χ1) is 11.6. The van der Waals surface area contributed by atoms with Gasteiger partial charge in [-0.3, -0.25) is 4.79 Å². The molecular weight excluding hydrogens is 309 g/mol. The number of anilines is 1. The van der Waals surface area contributed by atoms with Gasteiger partial charge in [-0.25, -0.2) is 14.4 Å². The van der Waals surface area contributed by atoms with Crippen LogP contribution in [0.3, 0.4) is 0 Å². The van der Waals surface area contributed by atoms with Crippen LogP contribution in [0.4, 0.5) is 10.2 Å². The minimum atomic E-state index is -0.315. The predicted molar refractivity (Wildman–Crippen MR) is 87.7 cm³/mol. The fourth-order valence-corrected chi connectivity index (χ4v) is 3.20. The molecule has 1 amide bonds. The Balaban J connectivity index is 1.67. The van der Waals surface area contributed by atoms with Crippen LogP contribution < -0.4 is 5.73 Å². The Morgan fingerprint density at radius 2 is 2.21 bits per heavy atom. The molecule has 0 bridgehead atoms. The molecule has 3 heterocycles. The summed E-state index contributed by atoms with van der Waals surface area (Å²) in [5.41, 5.74) is 7.51. The number of amides is 1. The van der Waals surface area contributed by atoms with E-state index in [-0.39, 0.29) is 17.8 Å². The summed E-state index contributed by atoms with van der Waals surface area (Å²) in [7, 11) is 0. The van der Waals surface area contributed by atoms with Crippen molar-refractivity contribution in [2.45, 2.75) is 18.9 Å². The summed E-state index contributed by atoms with van der Waals surface area (Å²) in [6, 6.07) is 7.51. The molecule has 3 aromatic rings. The van der Waals surface area contributed by atoms with Crippen molar-refractivity contribution in [3.63, 3.8) is 0 Å². The van der Waals surface area contributed by atoms with Crippen molar-refractivity contribution in [3.8, 4) is 0 Å². The lowest BCUT2D eigenvalue weighted by atomic mass is 10.2. The van der Waals surface area contributed by atoms with E-state index in [2.05, 4.69) is 15.0 Å². The molecule has 1 aliphatic heterocycles. The number of hydrogen-bond donors (Lipinski definition) is 2. The first kappa shape index (κ1) is 14.6. The molecule has 0 saturated carbocycles. The van der Waals surface area contributed by atoms with Crippen LogP contribution in [0.1, 0.15) is 35.1 Å². The van der Waals surface area contributed by atoms with Crippen molar-refractivity contribution >= 4 is 22.8 Å². The van der Waals surface area contributed by atoms with Gasteiger partial charge in [0.15, 0.2) is 0 Å². The van der Waals surface area contributed by atoms with Gasteiger partial charge in [-0.15, -0.1) is 0 Å². The second-order valence-electron chi connectivity index (χ2n) is 5.91. The number of aromatic amines is 1. The molecule has 0 spiro atoms. The second-order valence-corrected chi connectivity index (χ2v) is 5.91. The summed E-state index contributed by atoms with van der Waals surface area (Å²) in [6.45, 7) is 0.650. The largest absolute Gasteiger partial charge is 0.384 e. The molecule has 24 heavy (non-hydrogen) atoms. The average Bonchev–Trinajstić information content (AvgIpc) is 3.19. The Morgan fingerprint density at radius 1 is 1.33 bits per heavy atom. The van der Waals surface area contributed by atoms with Gasteiger partial charge in [0.2, 0.25) is 0 Å². The lowest BCUT2D eigenvalue weighted by molar-refractivity contribution is 0.0730. The SMILES string of the molecule is Nc1cc(C(=O)N2CCC[C@H]2c2nc3ccc(F)cc3[nH]2)ccn1. The molecule has 0 unspecified atom stereocenters. The Labute approximate surface area is 137 Å². The van der Waals surface area contributed by atoms with Gasteiger partial charge in [-0.2, -0.15) is 0 Å². The molecule has 3 N–H and O–H groups in total. The van der Waals surface area contributed by atoms with Gasteiger partial charge in [0, 0.05) is 18.3 Å². The molecule has 1 fully saturated rings. The van der Waals surface area contributed by atoms with Crippen LogP contribution in [0.15, 0.2) is 36.5 Å². The molecule has 2 aromatic heterocycles. The number of nitrogen functional groups attached to an aromatic ring is 1. The molecule has 0 aliphatic carbocycles.